The van der Waals surface area contributed by atoms with Crippen molar-refractivity contribution in [2.75, 3.05) is 11.9 Å². The first-order valence-corrected chi connectivity index (χ1v) is 8.66. The summed E-state index contributed by atoms with van der Waals surface area (Å²) in [5.41, 5.74) is 1.66. The Kier molecular flexibility index (Phi) is 4.39. The quantitative estimate of drug-likeness (QED) is 0.699. The van der Waals surface area contributed by atoms with Gasteiger partial charge in [0, 0.05) is 6.54 Å². The van der Waals surface area contributed by atoms with E-state index in [1.165, 1.54) is 23.1 Å². The highest BCUT2D eigenvalue weighted by molar-refractivity contribution is 8.00. The SMILES string of the molecule is CCNc1nnc(SCc2nc3c(C)cccc3c(=O)[nH]2)s1. The zero-order chi connectivity index (χ0) is 15.5. The van der Waals surface area contributed by atoms with Crippen LogP contribution in [0.15, 0.2) is 27.3 Å². The molecule has 0 radical (unpaired) electrons. The third-order valence-electron chi connectivity index (χ3n) is 3.05. The number of hydrogen-bond donors (Lipinski definition) is 2. The summed E-state index contributed by atoms with van der Waals surface area (Å²) < 4.78 is 0.850. The summed E-state index contributed by atoms with van der Waals surface area (Å²) >= 11 is 3.01. The predicted molar refractivity (Wildman–Crippen MR) is 90.7 cm³/mol. The Morgan fingerprint density at radius 2 is 2.23 bits per heavy atom. The maximum absolute atomic E-state index is 12.1. The number of rotatable bonds is 5. The number of para-hydroxylation sites is 1. The fraction of sp³-hybridized carbons (Fsp3) is 0.286. The molecule has 0 bridgehead atoms. The Morgan fingerprint density at radius 1 is 1.36 bits per heavy atom. The van der Waals surface area contributed by atoms with Crippen molar-refractivity contribution >= 4 is 39.1 Å². The summed E-state index contributed by atoms with van der Waals surface area (Å²) in [6.07, 6.45) is 0. The van der Waals surface area contributed by atoms with Gasteiger partial charge in [-0.2, -0.15) is 0 Å². The number of nitrogens with one attached hydrogen (secondary N) is 2. The Hall–Kier alpha value is -1.93. The van der Waals surface area contributed by atoms with Crippen molar-refractivity contribution in [2.24, 2.45) is 0 Å². The van der Waals surface area contributed by atoms with Gasteiger partial charge in [0.05, 0.1) is 16.7 Å². The standard InChI is InChI=1S/C14H15N5OS2/c1-3-15-13-18-19-14(22-13)21-7-10-16-11-8(2)5-4-6-9(11)12(20)17-10/h4-6H,3,7H2,1-2H3,(H,15,18)(H,16,17,20). The van der Waals surface area contributed by atoms with E-state index >= 15 is 0 Å². The van der Waals surface area contributed by atoms with E-state index in [0.717, 1.165) is 27.1 Å². The van der Waals surface area contributed by atoms with Crippen LogP contribution >= 0.6 is 23.1 Å². The van der Waals surface area contributed by atoms with E-state index in [-0.39, 0.29) is 5.56 Å². The van der Waals surface area contributed by atoms with Crippen LogP contribution in [0.2, 0.25) is 0 Å². The second-order valence-corrected chi connectivity index (χ2v) is 6.88. The van der Waals surface area contributed by atoms with Crippen LogP contribution in [0, 0.1) is 6.92 Å². The molecule has 2 aromatic heterocycles. The molecule has 3 aromatic rings. The average Bonchev–Trinajstić information content (AvgIpc) is 2.94. The summed E-state index contributed by atoms with van der Waals surface area (Å²) in [5.74, 6) is 1.21. The number of benzene rings is 1. The number of hydrogen-bond acceptors (Lipinski definition) is 7. The van der Waals surface area contributed by atoms with E-state index < -0.39 is 0 Å². The monoisotopic (exact) mass is 333 g/mol. The van der Waals surface area contributed by atoms with Crippen LogP contribution in [0.5, 0.6) is 0 Å². The minimum absolute atomic E-state index is 0.102. The Labute approximate surface area is 135 Å². The Bertz CT molecular complexity index is 858. The van der Waals surface area contributed by atoms with Crippen LogP contribution in [0.3, 0.4) is 0 Å². The fourth-order valence-electron chi connectivity index (χ4n) is 2.04. The molecule has 1 aromatic carbocycles. The molecule has 0 unspecified atom stereocenters. The minimum Gasteiger partial charge on any atom is -0.360 e. The van der Waals surface area contributed by atoms with Gasteiger partial charge in [0.25, 0.3) is 5.56 Å². The molecule has 0 aliphatic carbocycles. The highest BCUT2D eigenvalue weighted by Gasteiger charge is 2.08. The number of aryl methyl sites for hydroxylation is 1. The molecule has 2 N–H and O–H groups in total. The summed E-state index contributed by atoms with van der Waals surface area (Å²) in [6, 6.07) is 5.62. The van der Waals surface area contributed by atoms with Crippen LogP contribution in [0.25, 0.3) is 10.9 Å². The lowest BCUT2D eigenvalue weighted by molar-refractivity contribution is 0.994. The van der Waals surface area contributed by atoms with Gasteiger partial charge in [0.15, 0.2) is 4.34 Å². The van der Waals surface area contributed by atoms with Crippen LogP contribution in [0.4, 0.5) is 5.13 Å². The molecule has 0 atom stereocenters. The van der Waals surface area contributed by atoms with Gasteiger partial charge >= 0.3 is 0 Å². The third-order valence-corrected chi connectivity index (χ3v) is 5.08. The summed E-state index contributed by atoms with van der Waals surface area (Å²) in [6.45, 7) is 4.79. The first kappa shape index (κ1) is 15.0. The lowest BCUT2D eigenvalue weighted by atomic mass is 10.1. The molecule has 2 heterocycles. The molecule has 0 fully saturated rings. The van der Waals surface area contributed by atoms with E-state index in [1.54, 1.807) is 6.07 Å². The van der Waals surface area contributed by atoms with Gasteiger partial charge in [0.1, 0.15) is 5.82 Å². The van der Waals surface area contributed by atoms with E-state index in [0.29, 0.717) is 17.0 Å². The van der Waals surface area contributed by atoms with Gasteiger partial charge < -0.3 is 10.3 Å². The number of aromatic nitrogens is 4. The number of fused-ring (bicyclic) bond motifs is 1. The van der Waals surface area contributed by atoms with Gasteiger partial charge in [0.2, 0.25) is 5.13 Å². The third kappa shape index (κ3) is 3.12. The fourth-order valence-corrected chi connectivity index (χ4v) is 3.73. The maximum atomic E-state index is 12.1. The van der Waals surface area contributed by atoms with Crippen molar-refractivity contribution in [3.8, 4) is 0 Å². The normalized spacial score (nSPS) is 11.0. The molecule has 114 valence electrons. The molecule has 3 rings (SSSR count). The molecule has 22 heavy (non-hydrogen) atoms. The van der Waals surface area contributed by atoms with Crippen LogP contribution < -0.4 is 10.9 Å². The van der Waals surface area contributed by atoms with Crippen molar-refractivity contribution in [1.82, 2.24) is 20.2 Å². The molecule has 0 aliphatic heterocycles. The van der Waals surface area contributed by atoms with Crippen LogP contribution in [0.1, 0.15) is 18.3 Å². The van der Waals surface area contributed by atoms with E-state index in [4.69, 9.17) is 0 Å². The average molecular weight is 333 g/mol. The summed E-state index contributed by atoms with van der Waals surface area (Å²) in [4.78, 5) is 19.5. The van der Waals surface area contributed by atoms with Gasteiger partial charge in [-0.15, -0.1) is 10.2 Å². The van der Waals surface area contributed by atoms with Crippen molar-refractivity contribution in [2.45, 2.75) is 23.9 Å². The largest absolute Gasteiger partial charge is 0.360 e. The van der Waals surface area contributed by atoms with Gasteiger partial charge in [-0.05, 0) is 25.5 Å². The molecule has 0 aliphatic rings. The number of aromatic amines is 1. The molecule has 0 saturated heterocycles. The Morgan fingerprint density at radius 3 is 3.05 bits per heavy atom. The minimum atomic E-state index is -0.102. The second kappa shape index (κ2) is 6.45. The number of anilines is 1. The first-order valence-electron chi connectivity index (χ1n) is 6.86. The zero-order valence-electron chi connectivity index (χ0n) is 12.2. The molecule has 0 saturated carbocycles. The van der Waals surface area contributed by atoms with Crippen molar-refractivity contribution in [3.63, 3.8) is 0 Å². The lowest BCUT2D eigenvalue weighted by Crippen LogP contribution is -2.11. The van der Waals surface area contributed by atoms with Crippen LogP contribution in [-0.2, 0) is 5.75 Å². The lowest BCUT2D eigenvalue weighted by Gasteiger charge is -2.03. The van der Waals surface area contributed by atoms with Crippen molar-refractivity contribution in [1.29, 1.82) is 0 Å². The molecular weight excluding hydrogens is 318 g/mol. The number of nitrogens with zero attached hydrogens (tertiary/aromatic N) is 3. The summed E-state index contributed by atoms with van der Waals surface area (Å²) in [7, 11) is 0. The number of thioether (sulfide) groups is 1. The smallest absolute Gasteiger partial charge is 0.258 e. The highest BCUT2D eigenvalue weighted by Crippen LogP contribution is 2.27. The second-order valence-electron chi connectivity index (χ2n) is 4.68. The first-order chi connectivity index (χ1) is 10.7. The molecule has 0 spiro atoms. The predicted octanol–water partition coefficient (Wildman–Crippen LogP) is 2.81. The van der Waals surface area contributed by atoms with E-state index in [9.17, 15) is 4.79 Å². The molecule has 6 nitrogen and oxygen atoms in total. The van der Waals surface area contributed by atoms with Gasteiger partial charge in [-0.3, -0.25) is 4.79 Å². The highest BCUT2D eigenvalue weighted by atomic mass is 32.2. The van der Waals surface area contributed by atoms with Crippen molar-refractivity contribution in [3.05, 3.63) is 39.9 Å². The molecule has 8 heteroatoms. The maximum Gasteiger partial charge on any atom is 0.258 e. The number of H-pyrrole nitrogens is 1. The Balaban J connectivity index is 1.81. The summed E-state index contributed by atoms with van der Waals surface area (Å²) in [5, 5.41) is 12.7. The van der Waals surface area contributed by atoms with E-state index in [1.807, 2.05) is 26.0 Å². The topological polar surface area (TPSA) is 83.6 Å². The molecule has 0 amide bonds. The zero-order valence-corrected chi connectivity index (χ0v) is 13.8. The van der Waals surface area contributed by atoms with Crippen molar-refractivity contribution < 1.29 is 0 Å². The van der Waals surface area contributed by atoms with Crippen LogP contribution in [-0.4, -0.2) is 26.7 Å². The van der Waals surface area contributed by atoms with Gasteiger partial charge in [-0.25, -0.2) is 4.98 Å². The van der Waals surface area contributed by atoms with E-state index in [2.05, 4.69) is 25.5 Å². The van der Waals surface area contributed by atoms with Gasteiger partial charge in [-0.1, -0.05) is 35.2 Å². The molecular formula is C14H15N5OS2.